The van der Waals surface area contributed by atoms with Gasteiger partial charge in [-0.3, -0.25) is 10.1 Å². The lowest BCUT2D eigenvalue weighted by atomic mass is 10.2. The summed E-state index contributed by atoms with van der Waals surface area (Å²) in [6.07, 6.45) is 0. The van der Waals surface area contributed by atoms with Crippen molar-refractivity contribution in [2.45, 2.75) is 6.92 Å². The number of carbonyl (C=O) groups excluding carboxylic acids is 1. The number of non-ortho nitro benzene ring substituents is 1. The Balaban J connectivity index is 2.16. The Morgan fingerprint density at radius 3 is 2.47 bits per heavy atom. The molecule has 0 unspecified atom stereocenters. The zero-order valence-corrected chi connectivity index (χ0v) is 10.4. The first-order valence-corrected chi connectivity index (χ1v) is 5.44. The summed E-state index contributed by atoms with van der Waals surface area (Å²) >= 11 is 0. The van der Waals surface area contributed by atoms with E-state index >= 15 is 0 Å². The van der Waals surface area contributed by atoms with Crippen LogP contribution in [0.25, 0.3) is 0 Å². The molecule has 0 aliphatic heterocycles. The minimum absolute atomic E-state index is 0.0760. The minimum Gasteiger partial charge on any atom is -0.404 e. The van der Waals surface area contributed by atoms with Gasteiger partial charge in [-0.15, -0.1) is 0 Å². The van der Waals surface area contributed by atoms with Crippen molar-refractivity contribution >= 4 is 11.7 Å². The molecule has 0 N–H and O–H groups in total. The van der Waals surface area contributed by atoms with Crippen LogP contribution in [0.2, 0.25) is 0 Å². The van der Waals surface area contributed by atoms with E-state index in [2.05, 4.69) is 5.10 Å². The van der Waals surface area contributed by atoms with Gasteiger partial charge in [0.1, 0.15) is 0 Å². The highest BCUT2D eigenvalue weighted by Gasteiger charge is 2.13. The predicted molar refractivity (Wildman–Crippen MR) is 66.0 cm³/mol. The Morgan fingerprint density at radius 2 is 2.00 bits per heavy atom. The van der Waals surface area contributed by atoms with E-state index in [1.807, 2.05) is 0 Å². The van der Waals surface area contributed by atoms with Gasteiger partial charge in [0.2, 0.25) is 5.88 Å². The lowest BCUT2D eigenvalue weighted by Crippen LogP contribution is -2.11. The standard InChI is InChI=1S/C12H11N3O4/c1-8-7-11(14(2)13-8)19-12(16)9-3-5-10(6-4-9)15(17)18/h3-7H,1-2H3. The predicted octanol–water partition coefficient (Wildman–Crippen LogP) is 1.86. The third-order valence-electron chi connectivity index (χ3n) is 2.47. The van der Waals surface area contributed by atoms with Crippen LogP contribution in [0.3, 0.4) is 0 Å². The summed E-state index contributed by atoms with van der Waals surface area (Å²) in [5, 5.41) is 14.5. The Morgan fingerprint density at radius 1 is 1.37 bits per heavy atom. The zero-order valence-electron chi connectivity index (χ0n) is 10.4. The molecular formula is C12H11N3O4. The topological polar surface area (TPSA) is 87.3 Å². The summed E-state index contributed by atoms with van der Waals surface area (Å²) < 4.78 is 6.59. The van der Waals surface area contributed by atoms with E-state index in [1.165, 1.54) is 28.9 Å². The summed E-state index contributed by atoms with van der Waals surface area (Å²) in [4.78, 5) is 21.8. The van der Waals surface area contributed by atoms with E-state index in [4.69, 9.17) is 4.74 Å². The lowest BCUT2D eigenvalue weighted by molar-refractivity contribution is -0.384. The maximum atomic E-state index is 11.8. The summed E-state index contributed by atoms with van der Waals surface area (Å²) in [7, 11) is 1.66. The van der Waals surface area contributed by atoms with E-state index in [0.717, 1.165) is 5.69 Å². The van der Waals surface area contributed by atoms with E-state index < -0.39 is 10.9 Å². The second-order valence-corrected chi connectivity index (χ2v) is 3.94. The molecule has 0 spiro atoms. The number of aromatic nitrogens is 2. The van der Waals surface area contributed by atoms with Crippen molar-refractivity contribution < 1.29 is 14.5 Å². The fourth-order valence-corrected chi connectivity index (χ4v) is 1.56. The first-order chi connectivity index (χ1) is 8.97. The van der Waals surface area contributed by atoms with E-state index in [-0.39, 0.29) is 11.3 Å². The lowest BCUT2D eigenvalue weighted by Gasteiger charge is -2.03. The average molecular weight is 261 g/mol. The molecule has 2 rings (SSSR count). The first-order valence-electron chi connectivity index (χ1n) is 5.44. The number of benzene rings is 1. The number of hydrogen-bond acceptors (Lipinski definition) is 5. The van der Waals surface area contributed by atoms with Crippen molar-refractivity contribution in [3.05, 3.63) is 51.7 Å². The monoisotopic (exact) mass is 261 g/mol. The number of esters is 1. The molecule has 1 aromatic heterocycles. The van der Waals surface area contributed by atoms with Crippen molar-refractivity contribution in [2.75, 3.05) is 0 Å². The van der Waals surface area contributed by atoms with Gasteiger partial charge < -0.3 is 4.74 Å². The first kappa shape index (κ1) is 12.7. The fraction of sp³-hybridized carbons (Fsp3) is 0.167. The van der Waals surface area contributed by atoms with Crippen LogP contribution in [0.1, 0.15) is 16.1 Å². The molecule has 0 amide bonds. The van der Waals surface area contributed by atoms with E-state index in [0.29, 0.717) is 5.88 Å². The number of nitro groups is 1. The van der Waals surface area contributed by atoms with E-state index in [1.54, 1.807) is 20.0 Å². The third-order valence-corrected chi connectivity index (χ3v) is 2.47. The SMILES string of the molecule is Cc1cc(OC(=O)c2ccc([N+](=O)[O-])cc2)n(C)n1. The minimum atomic E-state index is -0.585. The van der Waals surface area contributed by atoms with Crippen LogP contribution in [0.15, 0.2) is 30.3 Å². The molecule has 0 aliphatic carbocycles. The number of hydrogen-bond donors (Lipinski definition) is 0. The highest BCUT2D eigenvalue weighted by atomic mass is 16.6. The van der Waals surface area contributed by atoms with Crippen LogP contribution in [0.5, 0.6) is 5.88 Å². The van der Waals surface area contributed by atoms with Gasteiger partial charge in [0.25, 0.3) is 5.69 Å². The van der Waals surface area contributed by atoms with Gasteiger partial charge >= 0.3 is 5.97 Å². The van der Waals surface area contributed by atoms with Crippen LogP contribution in [-0.4, -0.2) is 20.7 Å². The number of nitrogens with zero attached hydrogens (tertiary/aromatic N) is 3. The molecule has 2 aromatic rings. The van der Waals surface area contributed by atoms with Crippen LogP contribution in [-0.2, 0) is 7.05 Å². The smallest absolute Gasteiger partial charge is 0.344 e. The Hall–Kier alpha value is -2.70. The van der Waals surface area contributed by atoms with Crippen LogP contribution in [0, 0.1) is 17.0 Å². The number of carbonyl (C=O) groups is 1. The quantitative estimate of drug-likeness (QED) is 0.478. The van der Waals surface area contributed by atoms with Crippen LogP contribution in [0.4, 0.5) is 5.69 Å². The molecule has 19 heavy (non-hydrogen) atoms. The van der Waals surface area contributed by atoms with Gasteiger partial charge in [0.15, 0.2) is 0 Å². The molecule has 98 valence electrons. The van der Waals surface area contributed by atoms with Gasteiger partial charge in [-0.05, 0) is 19.1 Å². The number of aryl methyl sites for hydroxylation is 2. The zero-order chi connectivity index (χ0) is 14.0. The Labute approximate surface area is 108 Å². The molecule has 1 aromatic carbocycles. The molecule has 0 radical (unpaired) electrons. The molecule has 0 saturated heterocycles. The molecule has 7 heteroatoms. The molecule has 7 nitrogen and oxygen atoms in total. The van der Waals surface area contributed by atoms with Crippen molar-refractivity contribution in [3.8, 4) is 5.88 Å². The van der Waals surface area contributed by atoms with Crippen molar-refractivity contribution in [2.24, 2.45) is 7.05 Å². The second kappa shape index (κ2) is 4.89. The number of rotatable bonds is 3. The third kappa shape index (κ3) is 2.76. The van der Waals surface area contributed by atoms with Crippen LogP contribution < -0.4 is 4.74 Å². The van der Waals surface area contributed by atoms with E-state index in [9.17, 15) is 14.9 Å². The van der Waals surface area contributed by atoms with Gasteiger partial charge in [-0.25, -0.2) is 9.48 Å². The fourth-order valence-electron chi connectivity index (χ4n) is 1.56. The molecule has 0 fully saturated rings. The van der Waals surface area contributed by atoms with Gasteiger partial charge in [-0.1, -0.05) is 0 Å². The number of ether oxygens (including phenoxy) is 1. The second-order valence-electron chi connectivity index (χ2n) is 3.94. The summed E-state index contributed by atoms with van der Waals surface area (Å²) in [6.45, 7) is 1.78. The van der Waals surface area contributed by atoms with Crippen molar-refractivity contribution in [1.82, 2.24) is 9.78 Å². The molecule has 0 bridgehead atoms. The molecule has 0 aliphatic rings. The van der Waals surface area contributed by atoms with Gasteiger partial charge in [0.05, 0.1) is 16.2 Å². The maximum absolute atomic E-state index is 11.8. The van der Waals surface area contributed by atoms with Crippen molar-refractivity contribution in [3.63, 3.8) is 0 Å². The molecule has 0 atom stereocenters. The summed E-state index contributed by atoms with van der Waals surface area (Å²) in [6, 6.07) is 6.84. The highest BCUT2D eigenvalue weighted by molar-refractivity contribution is 5.91. The normalized spacial score (nSPS) is 10.2. The van der Waals surface area contributed by atoms with Crippen molar-refractivity contribution in [1.29, 1.82) is 0 Å². The van der Waals surface area contributed by atoms with Gasteiger partial charge in [-0.2, -0.15) is 5.10 Å². The summed E-state index contributed by atoms with van der Waals surface area (Å²) in [5.74, 6) is -0.265. The average Bonchev–Trinajstić information content (AvgIpc) is 2.68. The molecule has 0 saturated carbocycles. The Kier molecular flexibility index (Phi) is 3.28. The highest BCUT2D eigenvalue weighted by Crippen LogP contribution is 2.16. The van der Waals surface area contributed by atoms with Crippen LogP contribution >= 0.6 is 0 Å². The Bertz CT molecular complexity index is 631. The van der Waals surface area contributed by atoms with Gasteiger partial charge in [0, 0.05) is 25.2 Å². The molecule has 1 heterocycles. The maximum Gasteiger partial charge on any atom is 0.344 e. The molecular weight excluding hydrogens is 250 g/mol. The number of nitro benzene ring substituents is 1. The summed E-state index contributed by atoms with van der Waals surface area (Å²) in [5.41, 5.74) is 0.895. The largest absolute Gasteiger partial charge is 0.404 e.